The monoisotopic (exact) mass is 388 g/mol. The van der Waals surface area contributed by atoms with Gasteiger partial charge in [-0.05, 0) is 58.9 Å². The molecule has 4 atom stereocenters. The summed E-state index contributed by atoms with van der Waals surface area (Å²) in [7, 11) is -5.10. The smallest absolute Gasteiger partial charge is 0.184 e. The Morgan fingerprint density at radius 1 is 0.917 bits per heavy atom. The van der Waals surface area contributed by atoms with Crippen LogP contribution in [0.1, 0.15) is 6.42 Å². The molecule has 1 heterocycles. The van der Waals surface area contributed by atoms with Crippen molar-refractivity contribution in [3.8, 4) is 6.07 Å². The van der Waals surface area contributed by atoms with E-state index in [-0.39, 0.29) is 24.3 Å². The van der Waals surface area contributed by atoms with Crippen molar-refractivity contribution in [2.24, 2.45) is 0 Å². The van der Waals surface area contributed by atoms with Crippen LogP contribution in [0.3, 0.4) is 0 Å². The molecule has 1 aliphatic heterocycles. The maximum atomic E-state index is 9.45. The first-order chi connectivity index (χ1) is 10.7. The molecule has 0 bridgehead atoms. The highest BCUT2D eigenvalue weighted by Crippen LogP contribution is 2.27. The van der Waals surface area contributed by atoms with Crippen LogP contribution in [-0.2, 0) is 13.3 Å². The number of hydrogen-bond donors (Lipinski definition) is 1. The SMILES string of the molecule is C[Si](C)(C)OC[C@H]1N[C@H](C#N)CC(O[Si](C)(C)C)C1O[Si](C)(C)C. The van der Waals surface area contributed by atoms with Crippen LogP contribution in [0.25, 0.3) is 0 Å². The second kappa shape index (κ2) is 8.12. The van der Waals surface area contributed by atoms with E-state index in [2.05, 4.69) is 70.3 Å². The van der Waals surface area contributed by atoms with E-state index < -0.39 is 25.0 Å². The second-order valence-corrected chi connectivity index (χ2v) is 23.0. The topological polar surface area (TPSA) is 63.5 Å². The van der Waals surface area contributed by atoms with E-state index in [0.717, 1.165) is 0 Å². The summed E-state index contributed by atoms with van der Waals surface area (Å²) in [5.74, 6) is 0. The van der Waals surface area contributed by atoms with Crippen molar-refractivity contribution in [2.75, 3.05) is 6.61 Å². The minimum Gasteiger partial charge on any atom is -0.416 e. The van der Waals surface area contributed by atoms with Gasteiger partial charge < -0.3 is 13.3 Å². The number of rotatable bonds is 7. The van der Waals surface area contributed by atoms with Gasteiger partial charge in [-0.2, -0.15) is 5.26 Å². The van der Waals surface area contributed by atoms with Crippen LogP contribution < -0.4 is 5.32 Å². The van der Waals surface area contributed by atoms with Crippen LogP contribution in [0.2, 0.25) is 58.9 Å². The summed E-state index contributed by atoms with van der Waals surface area (Å²) in [6.45, 7) is 20.3. The molecule has 24 heavy (non-hydrogen) atoms. The van der Waals surface area contributed by atoms with Crippen LogP contribution in [0.15, 0.2) is 0 Å². The zero-order valence-electron chi connectivity index (χ0n) is 16.9. The highest BCUT2D eigenvalue weighted by atomic mass is 28.4. The van der Waals surface area contributed by atoms with E-state index in [0.29, 0.717) is 13.0 Å². The largest absolute Gasteiger partial charge is 0.416 e. The van der Waals surface area contributed by atoms with E-state index >= 15 is 0 Å². The molecule has 0 aliphatic carbocycles. The Bertz CT molecular complexity index is 449. The lowest BCUT2D eigenvalue weighted by molar-refractivity contribution is -0.0237. The summed E-state index contributed by atoms with van der Waals surface area (Å²) in [5, 5.41) is 12.9. The first-order valence-electron chi connectivity index (χ1n) is 8.85. The Morgan fingerprint density at radius 2 is 1.46 bits per heavy atom. The third-order valence-corrected chi connectivity index (χ3v) is 6.51. The van der Waals surface area contributed by atoms with Crippen molar-refractivity contribution in [1.29, 1.82) is 5.26 Å². The van der Waals surface area contributed by atoms with E-state index in [1.807, 2.05) is 0 Å². The predicted molar refractivity (Wildman–Crippen MR) is 107 cm³/mol. The molecule has 8 heteroatoms. The molecule has 1 rings (SSSR count). The highest BCUT2D eigenvalue weighted by molar-refractivity contribution is 6.70. The Labute approximate surface area is 151 Å². The molecule has 2 unspecified atom stereocenters. The lowest BCUT2D eigenvalue weighted by Crippen LogP contribution is -2.63. The second-order valence-electron chi connectivity index (χ2n) is 9.58. The van der Waals surface area contributed by atoms with Crippen LogP contribution >= 0.6 is 0 Å². The molecule has 0 aromatic heterocycles. The first-order valence-corrected chi connectivity index (χ1v) is 19.1. The van der Waals surface area contributed by atoms with Gasteiger partial charge >= 0.3 is 0 Å². The lowest BCUT2D eigenvalue weighted by Gasteiger charge is -2.45. The van der Waals surface area contributed by atoms with Crippen molar-refractivity contribution in [3.63, 3.8) is 0 Å². The van der Waals surface area contributed by atoms with Crippen LogP contribution in [0, 0.1) is 11.3 Å². The van der Waals surface area contributed by atoms with Crippen molar-refractivity contribution in [3.05, 3.63) is 0 Å². The third kappa shape index (κ3) is 8.38. The molecule has 1 aliphatic rings. The average molecular weight is 389 g/mol. The Morgan fingerprint density at radius 3 is 1.88 bits per heavy atom. The van der Waals surface area contributed by atoms with Gasteiger partial charge in [-0.25, -0.2) is 0 Å². The molecule has 1 fully saturated rings. The quantitative estimate of drug-likeness (QED) is 0.676. The van der Waals surface area contributed by atoms with Crippen molar-refractivity contribution in [2.45, 2.75) is 89.6 Å². The molecule has 1 saturated heterocycles. The molecule has 0 spiro atoms. The number of hydrogen-bond acceptors (Lipinski definition) is 5. The number of nitrogens with one attached hydrogen (secondary N) is 1. The molecule has 5 nitrogen and oxygen atoms in total. The van der Waals surface area contributed by atoms with Gasteiger partial charge in [0.15, 0.2) is 25.0 Å². The number of nitrogens with zero attached hydrogens (tertiary/aromatic N) is 1. The van der Waals surface area contributed by atoms with Gasteiger partial charge in [-0.3, -0.25) is 5.32 Å². The number of piperidine rings is 1. The fourth-order valence-electron chi connectivity index (χ4n) is 2.76. The van der Waals surface area contributed by atoms with Crippen LogP contribution in [0.5, 0.6) is 0 Å². The fourth-order valence-corrected chi connectivity index (χ4v) is 5.71. The van der Waals surface area contributed by atoms with E-state index in [9.17, 15) is 5.26 Å². The molecule has 0 radical (unpaired) electrons. The third-order valence-electron chi connectivity index (χ3n) is 3.49. The van der Waals surface area contributed by atoms with Crippen LogP contribution in [0.4, 0.5) is 0 Å². The summed E-state index contributed by atoms with van der Waals surface area (Å²) in [5.41, 5.74) is 0. The number of nitriles is 1. The maximum Gasteiger partial charge on any atom is 0.184 e. The van der Waals surface area contributed by atoms with Gasteiger partial charge in [0.2, 0.25) is 0 Å². The average Bonchev–Trinajstić information content (AvgIpc) is 2.34. The van der Waals surface area contributed by atoms with Gasteiger partial charge in [0.1, 0.15) is 0 Å². The molecular weight excluding hydrogens is 352 g/mol. The molecule has 0 saturated carbocycles. The van der Waals surface area contributed by atoms with Crippen molar-refractivity contribution < 1.29 is 13.3 Å². The molecular formula is C16H36N2O3Si3. The molecule has 1 N–H and O–H groups in total. The summed E-state index contributed by atoms with van der Waals surface area (Å²) in [6.07, 6.45) is 0.591. The van der Waals surface area contributed by atoms with Gasteiger partial charge in [0.05, 0.1) is 37.0 Å². The fraction of sp³-hybridized carbons (Fsp3) is 0.938. The molecule has 0 aromatic carbocycles. The van der Waals surface area contributed by atoms with Gasteiger partial charge in [-0.15, -0.1) is 0 Å². The first kappa shape index (κ1) is 22.0. The van der Waals surface area contributed by atoms with Gasteiger partial charge in [0, 0.05) is 6.42 Å². The van der Waals surface area contributed by atoms with Crippen molar-refractivity contribution >= 4 is 25.0 Å². The Balaban J connectivity index is 3.01. The predicted octanol–water partition coefficient (Wildman–Crippen LogP) is 3.53. The zero-order valence-corrected chi connectivity index (χ0v) is 19.9. The zero-order chi connectivity index (χ0) is 18.8. The maximum absolute atomic E-state index is 9.45. The van der Waals surface area contributed by atoms with E-state index in [1.54, 1.807) is 0 Å². The summed E-state index contributed by atoms with van der Waals surface area (Å²) in [4.78, 5) is 0. The van der Waals surface area contributed by atoms with Crippen LogP contribution in [-0.4, -0.2) is 55.9 Å². The van der Waals surface area contributed by atoms with Gasteiger partial charge in [0.25, 0.3) is 0 Å². The van der Waals surface area contributed by atoms with Gasteiger partial charge in [-0.1, -0.05) is 0 Å². The molecule has 140 valence electrons. The lowest BCUT2D eigenvalue weighted by atomic mass is 9.94. The minimum absolute atomic E-state index is 0.00296. The Kier molecular flexibility index (Phi) is 7.45. The summed E-state index contributed by atoms with van der Waals surface area (Å²) in [6, 6.07) is 2.16. The van der Waals surface area contributed by atoms with E-state index in [1.165, 1.54) is 0 Å². The minimum atomic E-state index is -1.74. The molecule has 0 amide bonds. The van der Waals surface area contributed by atoms with E-state index in [4.69, 9.17) is 13.3 Å². The summed E-state index contributed by atoms with van der Waals surface area (Å²) < 4.78 is 19.1. The van der Waals surface area contributed by atoms with Crippen molar-refractivity contribution in [1.82, 2.24) is 5.32 Å². The standard InChI is InChI=1S/C16H36N2O3Si3/c1-22(2,3)19-12-14-16(21-24(7,8)9)15(20-23(4,5)6)10-13(11-17)18-14/h13-16,18H,10,12H2,1-9H3/t13-,14+,15?,16?/m0/s1. The Hall–Kier alpha value is -0.0194. The normalized spacial score (nSPS) is 29.3. The summed E-state index contributed by atoms with van der Waals surface area (Å²) >= 11 is 0. The molecule has 0 aromatic rings. The highest BCUT2D eigenvalue weighted by Gasteiger charge is 2.43.